The standard InChI is InChI=1S/C32H27ClF9NO5/c1-16(44)5-4-8-47-27-13-24(26(46-3)14-25(27)33)23-7-6-20(30(34,35)36)11-19(23)15-43-17(2)28(48-29(43)45)18-9-21(31(37,38)39)12-22(10-18)32(40,41)42/h6-7,9-14,17,28H,4-5,8,15H2,1-3H3/t17-,28-/m0/s1. The second-order valence-corrected chi connectivity index (χ2v) is 11.4. The Hall–Kier alpha value is -4.14. The number of benzene rings is 3. The van der Waals surface area contributed by atoms with Gasteiger partial charge in [0.05, 0.1) is 48.0 Å². The number of methoxy groups -OCH3 is 1. The number of carbonyl (C=O) groups is 2. The number of hydrogen-bond donors (Lipinski definition) is 0. The number of carbonyl (C=O) groups excluding carboxylic acids is 2. The zero-order valence-corrected chi connectivity index (χ0v) is 26.1. The molecular weight excluding hydrogens is 685 g/mol. The highest BCUT2D eigenvalue weighted by Crippen LogP contribution is 2.44. The third-order valence-corrected chi connectivity index (χ3v) is 7.87. The summed E-state index contributed by atoms with van der Waals surface area (Å²) in [5.74, 6) is 0.150. The number of ether oxygens (including phenoxy) is 3. The van der Waals surface area contributed by atoms with Crippen molar-refractivity contribution in [3.05, 3.63) is 81.4 Å². The predicted molar refractivity (Wildman–Crippen MR) is 155 cm³/mol. The molecule has 1 aliphatic rings. The zero-order chi connectivity index (χ0) is 35.8. The summed E-state index contributed by atoms with van der Waals surface area (Å²) in [7, 11) is 1.28. The van der Waals surface area contributed by atoms with E-state index < -0.39 is 65.6 Å². The van der Waals surface area contributed by atoms with Gasteiger partial charge in [0.1, 0.15) is 23.4 Å². The zero-order valence-electron chi connectivity index (χ0n) is 25.4. The fourth-order valence-corrected chi connectivity index (χ4v) is 5.39. The number of amides is 1. The number of cyclic esters (lactones) is 1. The summed E-state index contributed by atoms with van der Waals surface area (Å²) in [4.78, 5) is 25.2. The minimum Gasteiger partial charge on any atom is -0.496 e. The first kappa shape index (κ1) is 36.7. The number of nitrogens with zero attached hydrogens (tertiary/aromatic N) is 1. The third kappa shape index (κ3) is 8.28. The van der Waals surface area contributed by atoms with E-state index in [4.69, 9.17) is 25.8 Å². The topological polar surface area (TPSA) is 65.1 Å². The molecule has 0 bridgehead atoms. The van der Waals surface area contributed by atoms with E-state index in [0.717, 1.165) is 23.1 Å². The maximum Gasteiger partial charge on any atom is 0.416 e. The van der Waals surface area contributed by atoms with E-state index in [2.05, 4.69) is 0 Å². The molecule has 0 spiro atoms. The Balaban J connectivity index is 1.76. The van der Waals surface area contributed by atoms with Crippen LogP contribution in [0.2, 0.25) is 5.02 Å². The molecule has 3 aromatic rings. The number of alkyl halides is 9. The molecule has 1 aliphatic heterocycles. The molecule has 0 radical (unpaired) electrons. The van der Waals surface area contributed by atoms with Gasteiger partial charge in [0.25, 0.3) is 0 Å². The van der Waals surface area contributed by atoms with E-state index in [9.17, 15) is 49.1 Å². The van der Waals surface area contributed by atoms with Crippen LogP contribution in [0.3, 0.4) is 0 Å². The monoisotopic (exact) mass is 711 g/mol. The number of halogens is 10. The van der Waals surface area contributed by atoms with Crippen molar-refractivity contribution in [2.45, 2.75) is 63.9 Å². The molecule has 0 aliphatic carbocycles. The normalized spacial score (nSPS) is 17.0. The average Bonchev–Trinajstić information content (AvgIpc) is 3.26. The second kappa shape index (κ2) is 13.8. The number of hydrogen-bond acceptors (Lipinski definition) is 5. The molecule has 260 valence electrons. The van der Waals surface area contributed by atoms with Gasteiger partial charge in [-0.1, -0.05) is 17.7 Å². The lowest BCUT2D eigenvalue weighted by Gasteiger charge is -2.24. The Kier molecular flexibility index (Phi) is 10.5. The third-order valence-electron chi connectivity index (χ3n) is 7.58. The maximum atomic E-state index is 13.8. The first-order chi connectivity index (χ1) is 22.2. The van der Waals surface area contributed by atoms with Crippen LogP contribution in [0.15, 0.2) is 48.5 Å². The highest BCUT2D eigenvalue weighted by molar-refractivity contribution is 6.32. The Morgan fingerprint density at radius 3 is 2.00 bits per heavy atom. The van der Waals surface area contributed by atoms with E-state index in [-0.39, 0.29) is 58.1 Å². The molecule has 0 N–H and O–H groups in total. The summed E-state index contributed by atoms with van der Waals surface area (Å²) in [5, 5.41) is 0.0887. The average molecular weight is 712 g/mol. The predicted octanol–water partition coefficient (Wildman–Crippen LogP) is 9.90. The van der Waals surface area contributed by atoms with E-state index in [0.29, 0.717) is 18.6 Å². The summed E-state index contributed by atoms with van der Waals surface area (Å²) in [6, 6.07) is 4.99. The molecule has 1 fully saturated rings. The van der Waals surface area contributed by atoms with Crippen molar-refractivity contribution in [2.75, 3.05) is 13.7 Å². The van der Waals surface area contributed by atoms with Gasteiger partial charge in [-0.3, -0.25) is 4.90 Å². The van der Waals surface area contributed by atoms with Crippen LogP contribution in [0.25, 0.3) is 11.1 Å². The first-order valence-electron chi connectivity index (χ1n) is 14.2. The van der Waals surface area contributed by atoms with Crippen LogP contribution in [-0.2, 0) is 34.6 Å². The maximum absolute atomic E-state index is 13.8. The van der Waals surface area contributed by atoms with Gasteiger partial charge in [-0.2, -0.15) is 39.5 Å². The summed E-state index contributed by atoms with van der Waals surface area (Å²) in [5.41, 5.74) is -4.75. The van der Waals surface area contributed by atoms with Crippen molar-refractivity contribution >= 4 is 23.5 Å². The minimum atomic E-state index is -5.16. The Bertz CT molecular complexity index is 1660. The van der Waals surface area contributed by atoms with Crippen molar-refractivity contribution in [1.29, 1.82) is 0 Å². The summed E-state index contributed by atoms with van der Waals surface area (Å²) in [6.45, 7) is 2.17. The SMILES string of the molecule is COc1cc(Cl)c(OCCCC(C)=O)cc1-c1ccc(C(F)(F)F)cc1CN1C(=O)O[C@H](c2cc(C(F)(F)F)cc(C(F)(F)F)c2)[C@@H]1C. The minimum absolute atomic E-state index is 0.0692. The molecule has 1 saturated heterocycles. The van der Waals surface area contributed by atoms with Crippen molar-refractivity contribution in [3.63, 3.8) is 0 Å². The highest BCUT2D eigenvalue weighted by atomic mass is 35.5. The lowest BCUT2D eigenvalue weighted by Crippen LogP contribution is -2.32. The summed E-state index contributed by atoms with van der Waals surface area (Å²) in [6.07, 6.45) is -17.4. The molecule has 0 aromatic heterocycles. The smallest absolute Gasteiger partial charge is 0.416 e. The first-order valence-corrected chi connectivity index (χ1v) is 14.6. The lowest BCUT2D eigenvalue weighted by molar-refractivity contribution is -0.143. The van der Waals surface area contributed by atoms with Gasteiger partial charge in [-0.25, -0.2) is 4.79 Å². The van der Waals surface area contributed by atoms with Crippen LogP contribution in [0.1, 0.15) is 60.6 Å². The second-order valence-electron chi connectivity index (χ2n) is 11.0. The molecule has 3 aromatic carbocycles. The van der Waals surface area contributed by atoms with Crippen LogP contribution in [0, 0.1) is 0 Å². The van der Waals surface area contributed by atoms with Gasteiger partial charge in [0, 0.05) is 18.1 Å². The van der Waals surface area contributed by atoms with E-state index >= 15 is 0 Å². The van der Waals surface area contributed by atoms with Gasteiger partial charge >= 0.3 is 24.6 Å². The van der Waals surface area contributed by atoms with Crippen LogP contribution in [-0.4, -0.2) is 36.5 Å². The van der Waals surface area contributed by atoms with Gasteiger partial charge in [0.2, 0.25) is 0 Å². The fraction of sp³-hybridized carbons (Fsp3) is 0.375. The van der Waals surface area contributed by atoms with Crippen LogP contribution in [0.5, 0.6) is 11.5 Å². The Morgan fingerprint density at radius 1 is 0.854 bits per heavy atom. The van der Waals surface area contributed by atoms with Crippen LogP contribution < -0.4 is 9.47 Å². The van der Waals surface area contributed by atoms with Crippen LogP contribution in [0.4, 0.5) is 44.3 Å². The summed E-state index contributed by atoms with van der Waals surface area (Å²) < 4.78 is 139. The molecule has 1 heterocycles. The number of ketones is 1. The fourth-order valence-electron chi connectivity index (χ4n) is 5.18. The van der Waals surface area contributed by atoms with Crippen molar-refractivity contribution < 1.29 is 63.3 Å². The Morgan fingerprint density at radius 2 is 1.46 bits per heavy atom. The van der Waals surface area contributed by atoms with Gasteiger partial charge < -0.3 is 19.0 Å². The Labute approximate surface area is 273 Å². The van der Waals surface area contributed by atoms with Crippen molar-refractivity contribution in [2.24, 2.45) is 0 Å². The number of rotatable bonds is 10. The molecule has 48 heavy (non-hydrogen) atoms. The van der Waals surface area contributed by atoms with E-state index in [1.165, 1.54) is 33.1 Å². The molecular formula is C32H27ClF9NO5. The number of Topliss-reactive ketones (excluding diaryl/α,β-unsaturated/α-hetero) is 1. The van der Waals surface area contributed by atoms with Crippen LogP contribution >= 0.6 is 11.6 Å². The molecule has 2 atom stereocenters. The van der Waals surface area contributed by atoms with Gasteiger partial charge in [0.15, 0.2) is 0 Å². The molecule has 1 amide bonds. The molecule has 4 rings (SSSR count). The highest BCUT2D eigenvalue weighted by Gasteiger charge is 2.44. The van der Waals surface area contributed by atoms with Crippen molar-refractivity contribution in [1.82, 2.24) is 4.90 Å². The van der Waals surface area contributed by atoms with Gasteiger partial charge in [-0.05, 0) is 73.4 Å². The molecule has 0 saturated carbocycles. The van der Waals surface area contributed by atoms with Crippen molar-refractivity contribution in [3.8, 4) is 22.6 Å². The quantitative estimate of drug-likeness (QED) is 0.155. The summed E-state index contributed by atoms with van der Waals surface area (Å²) >= 11 is 6.33. The molecule has 16 heteroatoms. The van der Waals surface area contributed by atoms with Gasteiger partial charge in [-0.15, -0.1) is 0 Å². The molecule has 0 unspecified atom stereocenters. The largest absolute Gasteiger partial charge is 0.496 e. The van der Waals surface area contributed by atoms with E-state index in [1.54, 1.807) is 0 Å². The molecule has 6 nitrogen and oxygen atoms in total. The lowest BCUT2D eigenvalue weighted by atomic mass is 9.94. The van der Waals surface area contributed by atoms with E-state index in [1.807, 2.05) is 0 Å².